The molecule has 0 aliphatic rings. The van der Waals surface area contributed by atoms with Crippen LogP contribution in [0.15, 0.2) is 24.4 Å². The zero-order valence-corrected chi connectivity index (χ0v) is 7.49. The van der Waals surface area contributed by atoms with E-state index in [1.807, 2.05) is 12.1 Å². The average molecular weight is 173 g/mol. The lowest BCUT2D eigenvalue weighted by Crippen LogP contribution is -1.95. The van der Waals surface area contributed by atoms with E-state index in [1.165, 1.54) is 5.56 Å². The molecule has 66 valence electrons. The van der Waals surface area contributed by atoms with E-state index >= 15 is 0 Å². The molecular formula is C10H11N3. The van der Waals surface area contributed by atoms with Crippen molar-refractivity contribution in [3.63, 3.8) is 0 Å². The van der Waals surface area contributed by atoms with Crippen LogP contribution in [-0.4, -0.2) is 9.97 Å². The van der Waals surface area contributed by atoms with Crippen molar-refractivity contribution in [2.45, 2.75) is 13.3 Å². The molecule has 1 aromatic carbocycles. The third-order valence-electron chi connectivity index (χ3n) is 2.12. The van der Waals surface area contributed by atoms with E-state index in [1.54, 1.807) is 6.20 Å². The van der Waals surface area contributed by atoms with Gasteiger partial charge < -0.3 is 5.73 Å². The highest BCUT2D eigenvalue weighted by atomic mass is 15.0. The summed E-state index contributed by atoms with van der Waals surface area (Å²) in [5.41, 5.74) is 7.68. The number of nitrogen functional groups attached to an aromatic ring is 1. The van der Waals surface area contributed by atoms with Crippen molar-refractivity contribution >= 4 is 16.9 Å². The van der Waals surface area contributed by atoms with Gasteiger partial charge in [-0.15, -0.1) is 0 Å². The number of fused-ring (bicyclic) bond motifs is 1. The largest absolute Gasteiger partial charge is 0.368 e. The molecule has 1 heterocycles. The van der Waals surface area contributed by atoms with Gasteiger partial charge in [-0.1, -0.05) is 19.1 Å². The van der Waals surface area contributed by atoms with E-state index in [0.717, 1.165) is 17.3 Å². The maximum atomic E-state index is 5.49. The number of anilines is 1. The van der Waals surface area contributed by atoms with Gasteiger partial charge in [0.05, 0.1) is 5.52 Å². The lowest BCUT2D eigenvalue weighted by atomic mass is 10.1. The van der Waals surface area contributed by atoms with Crippen molar-refractivity contribution in [3.8, 4) is 0 Å². The molecule has 0 saturated heterocycles. The molecule has 0 bridgehead atoms. The summed E-state index contributed by atoms with van der Waals surface area (Å²) in [7, 11) is 0. The summed E-state index contributed by atoms with van der Waals surface area (Å²) in [4.78, 5) is 8.13. The van der Waals surface area contributed by atoms with Crippen LogP contribution < -0.4 is 5.73 Å². The Morgan fingerprint density at radius 1 is 1.38 bits per heavy atom. The van der Waals surface area contributed by atoms with Crippen molar-refractivity contribution in [1.29, 1.82) is 0 Å². The summed E-state index contributed by atoms with van der Waals surface area (Å²) in [6.45, 7) is 2.12. The fourth-order valence-electron chi connectivity index (χ4n) is 1.44. The first kappa shape index (κ1) is 7.98. The molecule has 0 radical (unpaired) electrons. The molecule has 1 aromatic heterocycles. The number of hydrogen-bond acceptors (Lipinski definition) is 3. The van der Waals surface area contributed by atoms with Gasteiger partial charge in [-0.3, -0.25) is 0 Å². The Balaban J connectivity index is 2.77. The standard InChI is InChI=1S/C10H11N3/c1-2-7-4-3-5-9-8(7)6-12-10(11)13-9/h3-6H,2H2,1H3,(H2,11,12,13). The second-order valence-corrected chi connectivity index (χ2v) is 2.93. The Kier molecular flexibility index (Phi) is 1.85. The van der Waals surface area contributed by atoms with Crippen LogP contribution in [0.5, 0.6) is 0 Å². The first-order valence-electron chi connectivity index (χ1n) is 4.31. The van der Waals surface area contributed by atoms with Gasteiger partial charge in [-0.25, -0.2) is 9.97 Å². The molecule has 2 rings (SSSR count). The van der Waals surface area contributed by atoms with Crippen LogP contribution in [0.4, 0.5) is 5.95 Å². The molecule has 0 atom stereocenters. The molecular weight excluding hydrogens is 162 g/mol. The Labute approximate surface area is 76.6 Å². The van der Waals surface area contributed by atoms with Crippen LogP contribution in [0.25, 0.3) is 10.9 Å². The van der Waals surface area contributed by atoms with Gasteiger partial charge in [0, 0.05) is 11.6 Å². The third-order valence-corrected chi connectivity index (χ3v) is 2.12. The van der Waals surface area contributed by atoms with Gasteiger partial charge in [0.15, 0.2) is 0 Å². The van der Waals surface area contributed by atoms with E-state index in [0.29, 0.717) is 5.95 Å². The van der Waals surface area contributed by atoms with Crippen molar-refractivity contribution in [3.05, 3.63) is 30.0 Å². The molecule has 0 saturated carbocycles. The van der Waals surface area contributed by atoms with Gasteiger partial charge in [0.25, 0.3) is 0 Å². The van der Waals surface area contributed by atoms with Crippen LogP contribution in [0.3, 0.4) is 0 Å². The molecule has 0 aliphatic heterocycles. The Hall–Kier alpha value is -1.64. The SMILES string of the molecule is CCc1cccc2nc(N)ncc12. The lowest BCUT2D eigenvalue weighted by molar-refractivity contribution is 1.14. The summed E-state index contributed by atoms with van der Waals surface area (Å²) in [6, 6.07) is 6.03. The summed E-state index contributed by atoms with van der Waals surface area (Å²) in [5.74, 6) is 0.334. The van der Waals surface area contributed by atoms with Crippen molar-refractivity contribution < 1.29 is 0 Å². The predicted octanol–water partition coefficient (Wildman–Crippen LogP) is 1.77. The molecule has 0 spiro atoms. The normalized spacial score (nSPS) is 10.5. The highest BCUT2D eigenvalue weighted by Gasteiger charge is 2.00. The molecule has 0 aliphatic carbocycles. The van der Waals surface area contributed by atoms with Crippen LogP contribution in [0.2, 0.25) is 0 Å². The van der Waals surface area contributed by atoms with E-state index in [9.17, 15) is 0 Å². The minimum absolute atomic E-state index is 0.334. The number of nitrogens with zero attached hydrogens (tertiary/aromatic N) is 2. The molecule has 0 amide bonds. The topological polar surface area (TPSA) is 51.8 Å². The monoisotopic (exact) mass is 173 g/mol. The van der Waals surface area contributed by atoms with Crippen LogP contribution in [0, 0.1) is 0 Å². The number of aryl methyl sites for hydroxylation is 1. The zero-order chi connectivity index (χ0) is 9.26. The van der Waals surface area contributed by atoms with E-state index in [2.05, 4.69) is 23.0 Å². The zero-order valence-electron chi connectivity index (χ0n) is 7.49. The predicted molar refractivity (Wildman–Crippen MR) is 53.3 cm³/mol. The summed E-state index contributed by atoms with van der Waals surface area (Å²) >= 11 is 0. The maximum Gasteiger partial charge on any atom is 0.220 e. The van der Waals surface area contributed by atoms with Gasteiger partial charge >= 0.3 is 0 Å². The van der Waals surface area contributed by atoms with E-state index < -0.39 is 0 Å². The Morgan fingerprint density at radius 2 is 2.23 bits per heavy atom. The van der Waals surface area contributed by atoms with Crippen LogP contribution in [-0.2, 0) is 6.42 Å². The first-order valence-corrected chi connectivity index (χ1v) is 4.31. The quantitative estimate of drug-likeness (QED) is 0.715. The van der Waals surface area contributed by atoms with Crippen molar-refractivity contribution in [2.24, 2.45) is 0 Å². The second-order valence-electron chi connectivity index (χ2n) is 2.93. The van der Waals surface area contributed by atoms with Crippen LogP contribution in [0.1, 0.15) is 12.5 Å². The smallest absolute Gasteiger partial charge is 0.220 e. The van der Waals surface area contributed by atoms with Gasteiger partial charge in [-0.05, 0) is 18.1 Å². The van der Waals surface area contributed by atoms with E-state index in [-0.39, 0.29) is 0 Å². The highest BCUT2D eigenvalue weighted by molar-refractivity contribution is 5.82. The molecule has 0 unspecified atom stereocenters. The number of benzene rings is 1. The van der Waals surface area contributed by atoms with Crippen LogP contribution >= 0.6 is 0 Å². The fourth-order valence-corrected chi connectivity index (χ4v) is 1.44. The van der Waals surface area contributed by atoms with Crippen molar-refractivity contribution in [1.82, 2.24) is 9.97 Å². The Bertz CT molecular complexity index is 437. The molecule has 13 heavy (non-hydrogen) atoms. The van der Waals surface area contributed by atoms with Gasteiger partial charge in [0.1, 0.15) is 0 Å². The average Bonchev–Trinajstić information content (AvgIpc) is 2.16. The lowest BCUT2D eigenvalue weighted by Gasteiger charge is -2.02. The number of hydrogen-bond donors (Lipinski definition) is 1. The fraction of sp³-hybridized carbons (Fsp3) is 0.200. The van der Waals surface area contributed by atoms with Crippen molar-refractivity contribution in [2.75, 3.05) is 5.73 Å². The first-order chi connectivity index (χ1) is 6.31. The summed E-state index contributed by atoms with van der Waals surface area (Å²) in [5, 5.41) is 1.10. The maximum absolute atomic E-state index is 5.49. The molecule has 2 N–H and O–H groups in total. The number of rotatable bonds is 1. The molecule has 3 nitrogen and oxygen atoms in total. The minimum Gasteiger partial charge on any atom is -0.368 e. The second kappa shape index (κ2) is 3.01. The number of nitrogens with two attached hydrogens (primary N) is 1. The van der Waals surface area contributed by atoms with E-state index in [4.69, 9.17) is 5.73 Å². The molecule has 2 aromatic rings. The Morgan fingerprint density at radius 3 is 3.00 bits per heavy atom. The molecule has 0 fully saturated rings. The summed E-state index contributed by atoms with van der Waals surface area (Å²) in [6.07, 6.45) is 2.78. The summed E-state index contributed by atoms with van der Waals surface area (Å²) < 4.78 is 0. The minimum atomic E-state index is 0.334. The van der Waals surface area contributed by atoms with Gasteiger partial charge in [0.2, 0.25) is 5.95 Å². The molecule has 3 heteroatoms. The van der Waals surface area contributed by atoms with Gasteiger partial charge in [-0.2, -0.15) is 0 Å². The number of aromatic nitrogens is 2. The third kappa shape index (κ3) is 1.33. The highest BCUT2D eigenvalue weighted by Crippen LogP contribution is 2.16.